The Hall–Kier alpha value is -1.10. The van der Waals surface area contributed by atoms with Crippen LogP contribution in [-0.4, -0.2) is 31.5 Å². The fourth-order valence-electron chi connectivity index (χ4n) is 1.52. The molecule has 1 aromatic rings. The molecule has 1 atom stereocenters. The van der Waals surface area contributed by atoms with Crippen LogP contribution in [0.15, 0.2) is 24.3 Å². The molecule has 96 valence electrons. The number of rotatable bonds is 8. The molecule has 0 aromatic heterocycles. The molecule has 0 saturated carbocycles. The standard InChI is InChI=1S/C13H21NO3/c1-2-7-16-12-5-3-4-11(9-12)13(10-14)17-8-6-15/h3-5,9,13,15H,2,6-8,10,14H2,1H3. The molecule has 1 aromatic carbocycles. The lowest BCUT2D eigenvalue weighted by Crippen LogP contribution is -2.17. The minimum Gasteiger partial charge on any atom is -0.494 e. The molecule has 0 saturated heterocycles. The van der Waals surface area contributed by atoms with E-state index in [2.05, 4.69) is 6.92 Å². The molecule has 0 aliphatic heterocycles. The number of aliphatic hydroxyl groups excluding tert-OH is 1. The summed E-state index contributed by atoms with van der Waals surface area (Å²) in [6.45, 7) is 3.45. The smallest absolute Gasteiger partial charge is 0.119 e. The van der Waals surface area contributed by atoms with E-state index in [1.807, 2.05) is 24.3 Å². The lowest BCUT2D eigenvalue weighted by molar-refractivity contribution is 0.0327. The second-order valence-corrected chi connectivity index (χ2v) is 3.74. The molecule has 0 spiro atoms. The average Bonchev–Trinajstić information content (AvgIpc) is 2.38. The monoisotopic (exact) mass is 239 g/mol. The largest absolute Gasteiger partial charge is 0.494 e. The molecular weight excluding hydrogens is 218 g/mol. The quantitative estimate of drug-likeness (QED) is 0.721. The van der Waals surface area contributed by atoms with E-state index >= 15 is 0 Å². The third-order valence-corrected chi connectivity index (χ3v) is 2.33. The Morgan fingerprint density at radius 3 is 2.82 bits per heavy atom. The topological polar surface area (TPSA) is 64.7 Å². The van der Waals surface area contributed by atoms with Crippen molar-refractivity contribution in [3.8, 4) is 5.75 Å². The van der Waals surface area contributed by atoms with Crippen LogP contribution >= 0.6 is 0 Å². The first kappa shape index (κ1) is 14.0. The molecule has 4 heteroatoms. The van der Waals surface area contributed by atoms with Crippen molar-refractivity contribution in [2.45, 2.75) is 19.4 Å². The van der Waals surface area contributed by atoms with Crippen molar-refractivity contribution in [2.24, 2.45) is 5.73 Å². The van der Waals surface area contributed by atoms with E-state index in [9.17, 15) is 0 Å². The molecule has 17 heavy (non-hydrogen) atoms. The molecular formula is C13H21NO3. The van der Waals surface area contributed by atoms with Crippen LogP contribution < -0.4 is 10.5 Å². The SMILES string of the molecule is CCCOc1cccc(C(CN)OCCO)c1. The van der Waals surface area contributed by atoms with Gasteiger partial charge in [0.2, 0.25) is 0 Å². The minimum atomic E-state index is -0.188. The van der Waals surface area contributed by atoms with Crippen LogP contribution in [0.4, 0.5) is 0 Å². The number of hydrogen-bond acceptors (Lipinski definition) is 4. The maximum absolute atomic E-state index is 8.74. The van der Waals surface area contributed by atoms with Crippen molar-refractivity contribution in [1.82, 2.24) is 0 Å². The van der Waals surface area contributed by atoms with Crippen LogP contribution in [0.1, 0.15) is 25.0 Å². The second kappa shape index (κ2) is 8.06. The lowest BCUT2D eigenvalue weighted by atomic mass is 10.1. The van der Waals surface area contributed by atoms with Gasteiger partial charge in [-0.05, 0) is 24.1 Å². The summed E-state index contributed by atoms with van der Waals surface area (Å²) >= 11 is 0. The molecule has 0 aliphatic carbocycles. The van der Waals surface area contributed by atoms with E-state index in [4.69, 9.17) is 20.3 Å². The average molecular weight is 239 g/mol. The van der Waals surface area contributed by atoms with Gasteiger partial charge in [0.25, 0.3) is 0 Å². The molecule has 1 unspecified atom stereocenters. The summed E-state index contributed by atoms with van der Waals surface area (Å²) in [4.78, 5) is 0. The summed E-state index contributed by atoms with van der Waals surface area (Å²) in [6, 6.07) is 7.72. The van der Waals surface area contributed by atoms with E-state index in [1.54, 1.807) is 0 Å². The fourth-order valence-corrected chi connectivity index (χ4v) is 1.52. The first-order chi connectivity index (χ1) is 8.31. The number of hydrogen-bond donors (Lipinski definition) is 2. The molecule has 3 N–H and O–H groups in total. The molecule has 0 heterocycles. The fraction of sp³-hybridized carbons (Fsp3) is 0.538. The number of ether oxygens (including phenoxy) is 2. The van der Waals surface area contributed by atoms with Gasteiger partial charge >= 0.3 is 0 Å². The highest BCUT2D eigenvalue weighted by atomic mass is 16.5. The van der Waals surface area contributed by atoms with Gasteiger partial charge in [-0.25, -0.2) is 0 Å². The zero-order valence-electron chi connectivity index (χ0n) is 10.3. The van der Waals surface area contributed by atoms with Gasteiger partial charge in [-0.3, -0.25) is 0 Å². The molecule has 4 nitrogen and oxygen atoms in total. The third kappa shape index (κ3) is 4.73. The summed E-state index contributed by atoms with van der Waals surface area (Å²) in [5.41, 5.74) is 6.63. The van der Waals surface area contributed by atoms with E-state index in [0.29, 0.717) is 19.8 Å². The Bertz CT molecular complexity index is 317. The van der Waals surface area contributed by atoms with E-state index in [0.717, 1.165) is 17.7 Å². The Morgan fingerprint density at radius 1 is 1.35 bits per heavy atom. The van der Waals surface area contributed by atoms with E-state index < -0.39 is 0 Å². The summed E-state index contributed by atoms with van der Waals surface area (Å²) in [5.74, 6) is 0.829. The first-order valence-electron chi connectivity index (χ1n) is 5.97. The normalized spacial score (nSPS) is 12.4. The molecule has 0 aliphatic rings. The zero-order chi connectivity index (χ0) is 12.5. The number of aliphatic hydroxyl groups is 1. The highest BCUT2D eigenvalue weighted by molar-refractivity contribution is 5.30. The highest BCUT2D eigenvalue weighted by Crippen LogP contribution is 2.21. The van der Waals surface area contributed by atoms with Gasteiger partial charge in [-0.1, -0.05) is 19.1 Å². The predicted molar refractivity (Wildman–Crippen MR) is 67.1 cm³/mol. The van der Waals surface area contributed by atoms with Crippen LogP contribution in [0.25, 0.3) is 0 Å². The summed E-state index contributed by atoms with van der Waals surface area (Å²) in [7, 11) is 0. The van der Waals surface area contributed by atoms with Gasteiger partial charge in [0.05, 0.1) is 25.9 Å². The van der Waals surface area contributed by atoms with E-state index in [1.165, 1.54) is 0 Å². The maximum Gasteiger partial charge on any atom is 0.119 e. The third-order valence-electron chi connectivity index (χ3n) is 2.33. The Kier molecular flexibility index (Phi) is 6.62. The van der Waals surface area contributed by atoms with Crippen LogP contribution in [0.3, 0.4) is 0 Å². The van der Waals surface area contributed by atoms with Gasteiger partial charge < -0.3 is 20.3 Å². The number of nitrogens with two attached hydrogens (primary N) is 1. The molecule has 1 rings (SSSR count). The van der Waals surface area contributed by atoms with Crippen LogP contribution in [-0.2, 0) is 4.74 Å². The van der Waals surface area contributed by atoms with Crippen molar-refractivity contribution >= 4 is 0 Å². The minimum absolute atomic E-state index is 0.00251. The first-order valence-corrected chi connectivity index (χ1v) is 5.97. The summed E-state index contributed by atoms with van der Waals surface area (Å²) in [6.07, 6.45) is 0.790. The second-order valence-electron chi connectivity index (χ2n) is 3.74. The Morgan fingerprint density at radius 2 is 2.18 bits per heavy atom. The van der Waals surface area contributed by atoms with Crippen LogP contribution in [0, 0.1) is 0 Å². The number of benzene rings is 1. The zero-order valence-corrected chi connectivity index (χ0v) is 10.3. The molecule has 0 bridgehead atoms. The van der Waals surface area contributed by atoms with Crippen molar-refractivity contribution < 1.29 is 14.6 Å². The lowest BCUT2D eigenvalue weighted by Gasteiger charge is -2.16. The molecule has 0 fully saturated rings. The summed E-state index contributed by atoms with van der Waals surface area (Å²) < 4.78 is 11.0. The van der Waals surface area contributed by atoms with Crippen molar-refractivity contribution in [2.75, 3.05) is 26.4 Å². The summed E-state index contributed by atoms with van der Waals surface area (Å²) in [5, 5.41) is 8.74. The molecule has 0 radical (unpaired) electrons. The highest BCUT2D eigenvalue weighted by Gasteiger charge is 2.10. The van der Waals surface area contributed by atoms with Crippen molar-refractivity contribution in [3.63, 3.8) is 0 Å². The van der Waals surface area contributed by atoms with Crippen LogP contribution in [0.2, 0.25) is 0 Å². The van der Waals surface area contributed by atoms with Gasteiger partial charge in [0, 0.05) is 6.54 Å². The molecule has 0 amide bonds. The van der Waals surface area contributed by atoms with Crippen molar-refractivity contribution in [1.29, 1.82) is 0 Å². The van der Waals surface area contributed by atoms with Gasteiger partial charge in [0.1, 0.15) is 5.75 Å². The van der Waals surface area contributed by atoms with Crippen LogP contribution in [0.5, 0.6) is 5.75 Å². The van der Waals surface area contributed by atoms with Gasteiger partial charge in [-0.15, -0.1) is 0 Å². The van der Waals surface area contributed by atoms with Gasteiger partial charge in [-0.2, -0.15) is 0 Å². The predicted octanol–water partition coefficient (Wildman–Crippen LogP) is 1.48. The maximum atomic E-state index is 8.74. The van der Waals surface area contributed by atoms with Crippen molar-refractivity contribution in [3.05, 3.63) is 29.8 Å². The van der Waals surface area contributed by atoms with E-state index in [-0.39, 0.29) is 12.7 Å². The Labute approximate surface area is 102 Å². The van der Waals surface area contributed by atoms with Gasteiger partial charge in [0.15, 0.2) is 0 Å². The Balaban J connectivity index is 2.66.